The summed E-state index contributed by atoms with van der Waals surface area (Å²) in [6.07, 6.45) is 10.2. The van der Waals surface area contributed by atoms with Crippen molar-refractivity contribution in [1.29, 1.82) is 0 Å². The van der Waals surface area contributed by atoms with Crippen molar-refractivity contribution in [3.63, 3.8) is 0 Å². The Hall–Kier alpha value is -0.120. The lowest BCUT2D eigenvalue weighted by atomic mass is 9.90. The van der Waals surface area contributed by atoms with Crippen molar-refractivity contribution in [3.8, 4) is 0 Å². The van der Waals surface area contributed by atoms with Gasteiger partial charge in [-0.05, 0) is 49.9 Å². The zero-order valence-electron chi connectivity index (χ0n) is 11.9. The third-order valence-corrected chi connectivity index (χ3v) is 6.20. The van der Waals surface area contributed by atoms with E-state index in [9.17, 15) is 0 Å². The Morgan fingerprint density at radius 2 is 2.00 bits per heavy atom. The first-order valence-corrected chi connectivity index (χ1v) is 8.47. The van der Waals surface area contributed by atoms with Crippen LogP contribution >= 0.6 is 0 Å². The number of hydrogen-bond acceptors (Lipinski definition) is 3. The van der Waals surface area contributed by atoms with Crippen LogP contribution in [0.2, 0.25) is 0 Å². The maximum absolute atomic E-state index is 5.67. The van der Waals surface area contributed by atoms with E-state index in [1.165, 1.54) is 44.9 Å². The lowest BCUT2D eigenvalue weighted by Gasteiger charge is -2.35. The van der Waals surface area contributed by atoms with E-state index in [1.807, 2.05) is 0 Å². The molecule has 6 atom stereocenters. The monoisotopic (exact) mass is 264 g/mol. The standard InChI is InChI=1S/C16H28N2O/c1-2-13(16-10-19-7-6-17-16)14(3-1)18-15-9-11-4-5-12(15)8-11/h11-18H,1-10H2. The SMILES string of the molecule is C1CC(NC2CC3CCC2C3)C(C2COCCN2)C1. The Morgan fingerprint density at radius 1 is 1.00 bits per heavy atom. The van der Waals surface area contributed by atoms with Gasteiger partial charge < -0.3 is 15.4 Å². The Balaban J connectivity index is 1.37. The van der Waals surface area contributed by atoms with Gasteiger partial charge in [0.2, 0.25) is 0 Å². The van der Waals surface area contributed by atoms with E-state index in [2.05, 4.69) is 10.6 Å². The molecule has 1 heterocycles. The first-order chi connectivity index (χ1) is 9.40. The van der Waals surface area contributed by atoms with E-state index in [4.69, 9.17) is 4.74 Å². The van der Waals surface area contributed by atoms with Crippen LogP contribution in [0, 0.1) is 17.8 Å². The van der Waals surface area contributed by atoms with Gasteiger partial charge in [-0.25, -0.2) is 0 Å². The van der Waals surface area contributed by atoms with Crippen LogP contribution in [0.4, 0.5) is 0 Å². The molecule has 1 saturated heterocycles. The first kappa shape index (κ1) is 12.6. The number of ether oxygens (including phenoxy) is 1. The highest BCUT2D eigenvalue weighted by molar-refractivity contribution is 4.99. The first-order valence-electron chi connectivity index (χ1n) is 8.47. The molecular formula is C16H28N2O. The van der Waals surface area contributed by atoms with Gasteiger partial charge in [-0.1, -0.05) is 12.8 Å². The summed E-state index contributed by atoms with van der Waals surface area (Å²) >= 11 is 0. The summed E-state index contributed by atoms with van der Waals surface area (Å²) in [5.74, 6) is 2.86. The van der Waals surface area contributed by atoms with Crippen LogP contribution in [0.15, 0.2) is 0 Å². The summed E-state index contributed by atoms with van der Waals surface area (Å²) in [4.78, 5) is 0. The van der Waals surface area contributed by atoms with Crippen molar-refractivity contribution in [2.75, 3.05) is 19.8 Å². The summed E-state index contributed by atoms with van der Waals surface area (Å²) < 4.78 is 5.67. The quantitative estimate of drug-likeness (QED) is 0.817. The molecule has 6 unspecified atom stereocenters. The maximum atomic E-state index is 5.67. The highest BCUT2D eigenvalue weighted by Gasteiger charge is 2.42. The fraction of sp³-hybridized carbons (Fsp3) is 1.00. The van der Waals surface area contributed by atoms with E-state index in [-0.39, 0.29) is 0 Å². The van der Waals surface area contributed by atoms with Gasteiger partial charge in [0.25, 0.3) is 0 Å². The average molecular weight is 264 g/mol. The van der Waals surface area contributed by atoms with Crippen molar-refractivity contribution in [2.24, 2.45) is 17.8 Å². The average Bonchev–Trinajstić information content (AvgIpc) is 3.16. The van der Waals surface area contributed by atoms with Crippen molar-refractivity contribution in [3.05, 3.63) is 0 Å². The van der Waals surface area contributed by atoms with Crippen molar-refractivity contribution >= 4 is 0 Å². The summed E-state index contributed by atoms with van der Waals surface area (Å²) in [5, 5.41) is 7.75. The zero-order chi connectivity index (χ0) is 12.7. The molecule has 4 fully saturated rings. The molecule has 3 saturated carbocycles. The molecular weight excluding hydrogens is 236 g/mol. The molecule has 0 aromatic rings. The molecule has 3 nitrogen and oxygen atoms in total. The Labute approximate surface area is 116 Å². The van der Waals surface area contributed by atoms with Crippen LogP contribution in [0.3, 0.4) is 0 Å². The van der Waals surface area contributed by atoms with Crippen LogP contribution in [0.5, 0.6) is 0 Å². The molecule has 0 amide bonds. The Kier molecular flexibility index (Phi) is 3.55. The minimum Gasteiger partial charge on any atom is -0.379 e. The van der Waals surface area contributed by atoms with Gasteiger partial charge in [-0.15, -0.1) is 0 Å². The molecule has 1 aliphatic heterocycles. The maximum Gasteiger partial charge on any atom is 0.0623 e. The fourth-order valence-corrected chi connectivity index (χ4v) is 5.26. The van der Waals surface area contributed by atoms with E-state index in [0.29, 0.717) is 6.04 Å². The largest absolute Gasteiger partial charge is 0.379 e. The second kappa shape index (κ2) is 5.34. The molecule has 0 aromatic heterocycles. The molecule has 3 aliphatic carbocycles. The molecule has 4 rings (SSSR count). The van der Waals surface area contributed by atoms with Crippen molar-refractivity contribution < 1.29 is 4.74 Å². The normalized spacial score (nSPS) is 49.9. The molecule has 4 aliphatic rings. The highest BCUT2D eigenvalue weighted by atomic mass is 16.5. The molecule has 0 aromatic carbocycles. The molecule has 2 bridgehead atoms. The third-order valence-electron chi connectivity index (χ3n) is 6.20. The van der Waals surface area contributed by atoms with Crippen LogP contribution < -0.4 is 10.6 Å². The van der Waals surface area contributed by atoms with Crippen LogP contribution in [0.25, 0.3) is 0 Å². The minimum atomic E-state index is 0.604. The summed E-state index contributed by atoms with van der Waals surface area (Å²) in [5.41, 5.74) is 0. The lowest BCUT2D eigenvalue weighted by Crippen LogP contribution is -2.53. The third kappa shape index (κ3) is 2.45. The number of fused-ring (bicyclic) bond motifs is 2. The van der Waals surface area contributed by atoms with Gasteiger partial charge in [-0.2, -0.15) is 0 Å². The number of rotatable bonds is 3. The molecule has 3 heteroatoms. The topological polar surface area (TPSA) is 33.3 Å². The van der Waals surface area contributed by atoms with Crippen LogP contribution in [-0.4, -0.2) is 37.9 Å². The van der Waals surface area contributed by atoms with Crippen molar-refractivity contribution in [1.82, 2.24) is 10.6 Å². The van der Waals surface area contributed by atoms with E-state index < -0.39 is 0 Å². The molecule has 19 heavy (non-hydrogen) atoms. The fourth-order valence-electron chi connectivity index (χ4n) is 5.26. The Morgan fingerprint density at radius 3 is 2.74 bits per heavy atom. The van der Waals surface area contributed by atoms with Gasteiger partial charge in [0.1, 0.15) is 0 Å². The van der Waals surface area contributed by atoms with Gasteiger partial charge >= 0.3 is 0 Å². The number of nitrogens with one attached hydrogen (secondary N) is 2. The smallest absolute Gasteiger partial charge is 0.0623 e. The second-order valence-corrected chi connectivity index (χ2v) is 7.28. The highest BCUT2D eigenvalue weighted by Crippen LogP contribution is 2.45. The molecule has 108 valence electrons. The summed E-state index contributed by atoms with van der Waals surface area (Å²) in [7, 11) is 0. The van der Waals surface area contributed by atoms with Gasteiger partial charge in [0, 0.05) is 24.7 Å². The van der Waals surface area contributed by atoms with Gasteiger partial charge in [0.05, 0.1) is 13.2 Å². The van der Waals surface area contributed by atoms with Gasteiger partial charge in [-0.3, -0.25) is 0 Å². The van der Waals surface area contributed by atoms with Crippen LogP contribution in [-0.2, 0) is 4.74 Å². The summed E-state index contributed by atoms with van der Waals surface area (Å²) in [6.45, 7) is 2.87. The Bertz CT molecular complexity index is 316. The van der Waals surface area contributed by atoms with Gasteiger partial charge in [0.15, 0.2) is 0 Å². The predicted molar refractivity (Wildman–Crippen MR) is 76.1 cm³/mol. The van der Waals surface area contributed by atoms with E-state index >= 15 is 0 Å². The lowest BCUT2D eigenvalue weighted by molar-refractivity contribution is 0.0510. The van der Waals surface area contributed by atoms with E-state index in [1.54, 1.807) is 0 Å². The molecule has 0 radical (unpaired) electrons. The zero-order valence-corrected chi connectivity index (χ0v) is 11.9. The number of hydrogen-bond donors (Lipinski definition) is 2. The molecule has 2 N–H and O–H groups in total. The van der Waals surface area contributed by atoms with Crippen molar-refractivity contribution in [2.45, 2.75) is 63.1 Å². The minimum absolute atomic E-state index is 0.604. The number of morpholine rings is 1. The van der Waals surface area contributed by atoms with Crippen LogP contribution in [0.1, 0.15) is 44.9 Å². The van der Waals surface area contributed by atoms with E-state index in [0.717, 1.165) is 49.6 Å². The predicted octanol–water partition coefficient (Wildman–Crippen LogP) is 1.92. The molecule has 0 spiro atoms. The summed E-state index contributed by atoms with van der Waals surface area (Å²) in [6, 6.07) is 2.20. The second-order valence-electron chi connectivity index (χ2n) is 7.28.